The summed E-state index contributed by atoms with van der Waals surface area (Å²) in [5.74, 6) is 0.806. The SMILES string of the molecule is COC(=O)NC(C(=O)N1CCCC1c1ncc(C)[nH]1)C1CCOCC1. The van der Waals surface area contributed by atoms with Gasteiger partial charge in [-0.3, -0.25) is 4.79 Å². The van der Waals surface area contributed by atoms with Crippen molar-refractivity contribution >= 4 is 12.0 Å². The second-order valence-electron chi connectivity index (χ2n) is 6.70. The zero-order valence-electron chi connectivity index (χ0n) is 14.8. The molecule has 3 rings (SSSR count). The molecular formula is C17H26N4O4. The van der Waals surface area contributed by atoms with Crippen LogP contribution in [0, 0.1) is 12.8 Å². The minimum absolute atomic E-state index is 0.0555. The van der Waals surface area contributed by atoms with E-state index in [0.29, 0.717) is 19.8 Å². The molecule has 8 nitrogen and oxygen atoms in total. The number of alkyl carbamates (subject to hydrolysis) is 1. The van der Waals surface area contributed by atoms with Crippen LogP contribution in [0.1, 0.15) is 43.2 Å². The molecule has 1 aromatic heterocycles. The number of carbonyl (C=O) groups is 2. The zero-order valence-corrected chi connectivity index (χ0v) is 14.8. The van der Waals surface area contributed by atoms with Crippen molar-refractivity contribution in [2.45, 2.75) is 44.7 Å². The van der Waals surface area contributed by atoms with Gasteiger partial charge in [0.1, 0.15) is 11.9 Å². The normalized spacial score (nSPS) is 22.6. The Labute approximate surface area is 147 Å². The van der Waals surface area contributed by atoms with Crippen molar-refractivity contribution in [2.24, 2.45) is 5.92 Å². The van der Waals surface area contributed by atoms with Crippen molar-refractivity contribution in [3.8, 4) is 0 Å². The molecule has 2 aliphatic rings. The number of carbonyl (C=O) groups excluding carboxylic acids is 2. The predicted molar refractivity (Wildman–Crippen MR) is 89.9 cm³/mol. The molecule has 2 atom stereocenters. The summed E-state index contributed by atoms with van der Waals surface area (Å²) in [6, 6.07) is -0.656. The zero-order chi connectivity index (χ0) is 17.8. The van der Waals surface area contributed by atoms with Crippen molar-refractivity contribution < 1.29 is 19.1 Å². The first kappa shape index (κ1) is 17.7. The van der Waals surface area contributed by atoms with Crippen LogP contribution in [0.2, 0.25) is 0 Å². The van der Waals surface area contributed by atoms with Gasteiger partial charge in [-0.2, -0.15) is 0 Å². The standard InChI is InChI=1S/C17H26N4O4/c1-11-10-18-15(19-11)13-4-3-7-21(13)16(22)14(20-17(23)24-2)12-5-8-25-9-6-12/h10,12-14H,3-9H2,1-2H3,(H,18,19)(H,20,23). The Balaban J connectivity index is 1.78. The van der Waals surface area contributed by atoms with Gasteiger partial charge < -0.3 is 24.7 Å². The molecule has 0 bridgehead atoms. The Morgan fingerprint density at radius 2 is 2.16 bits per heavy atom. The Kier molecular flexibility index (Phi) is 5.57. The number of nitrogens with zero attached hydrogens (tertiary/aromatic N) is 2. The van der Waals surface area contributed by atoms with Gasteiger partial charge in [-0.15, -0.1) is 0 Å². The maximum Gasteiger partial charge on any atom is 0.407 e. The van der Waals surface area contributed by atoms with Crippen LogP contribution in [0.5, 0.6) is 0 Å². The fourth-order valence-corrected chi connectivity index (χ4v) is 3.71. The van der Waals surface area contributed by atoms with Crippen molar-refractivity contribution in [1.29, 1.82) is 0 Å². The van der Waals surface area contributed by atoms with Crippen LogP contribution in [0.15, 0.2) is 6.20 Å². The van der Waals surface area contributed by atoms with E-state index in [0.717, 1.165) is 37.2 Å². The Morgan fingerprint density at radius 1 is 1.40 bits per heavy atom. The molecule has 3 heterocycles. The second kappa shape index (κ2) is 7.86. The van der Waals surface area contributed by atoms with Crippen molar-refractivity contribution in [3.63, 3.8) is 0 Å². The smallest absolute Gasteiger partial charge is 0.407 e. The summed E-state index contributed by atoms with van der Waals surface area (Å²) < 4.78 is 10.1. The van der Waals surface area contributed by atoms with Crippen molar-refractivity contribution in [2.75, 3.05) is 26.9 Å². The van der Waals surface area contributed by atoms with Crippen LogP contribution in [0.25, 0.3) is 0 Å². The highest BCUT2D eigenvalue weighted by Crippen LogP contribution is 2.32. The molecule has 2 N–H and O–H groups in total. The lowest BCUT2D eigenvalue weighted by atomic mass is 9.90. The number of ether oxygens (including phenoxy) is 2. The quantitative estimate of drug-likeness (QED) is 0.858. The highest BCUT2D eigenvalue weighted by atomic mass is 16.5. The third-order valence-electron chi connectivity index (χ3n) is 5.04. The fraction of sp³-hybridized carbons (Fsp3) is 0.706. The van der Waals surface area contributed by atoms with Crippen LogP contribution in [0.3, 0.4) is 0 Å². The third kappa shape index (κ3) is 3.95. The van der Waals surface area contributed by atoms with E-state index in [1.165, 1.54) is 7.11 Å². The number of hydrogen-bond donors (Lipinski definition) is 2. The van der Waals surface area contributed by atoms with Gasteiger partial charge >= 0.3 is 6.09 Å². The van der Waals surface area contributed by atoms with Crippen molar-refractivity contribution in [1.82, 2.24) is 20.2 Å². The largest absolute Gasteiger partial charge is 0.453 e. The summed E-state index contributed by atoms with van der Waals surface area (Å²) in [6.07, 6.45) is 4.50. The first-order valence-corrected chi connectivity index (χ1v) is 8.84. The summed E-state index contributed by atoms with van der Waals surface area (Å²) in [5, 5.41) is 2.75. The highest BCUT2D eigenvalue weighted by molar-refractivity contribution is 5.86. The molecule has 2 amide bonds. The van der Waals surface area contributed by atoms with Crippen LogP contribution in [-0.4, -0.2) is 59.8 Å². The lowest BCUT2D eigenvalue weighted by molar-refractivity contribution is -0.136. The average Bonchev–Trinajstić information content (AvgIpc) is 3.28. The molecule has 0 aromatic carbocycles. The van der Waals surface area contributed by atoms with Gasteiger partial charge in [-0.05, 0) is 38.5 Å². The molecule has 0 spiro atoms. The number of likely N-dealkylation sites (tertiary alicyclic amines) is 1. The predicted octanol–water partition coefficient (Wildman–Crippen LogP) is 1.53. The molecule has 2 fully saturated rings. The van der Waals surface area contributed by atoms with E-state index in [9.17, 15) is 9.59 Å². The molecule has 2 unspecified atom stereocenters. The van der Waals surface area contributed by atoms with Gasteiger partial charge in [0.2, 0.25) is 5.91 Å². The summed E-state index contributed by atoms with van der Waals surface area (Å²) in [6.45, 7) is 3.84. The summed E-state index contributed by atoms with van der Waals surface area (Å²) in [4.78, 5) is 34.5. The summed E-state index contributed by atoms with van der Waals surface area (Å²) in [7, 11) is 1.31. The average molecular weight is 350 g/mol. The molecular weight excluding hydrogens is 324 g/mol. The van der Waals surface area contributed by atoms with Gasteiger partial charge in [0, 0.05) is 31.6 Å². The molecule has 2 saturated heterocycles. The highest BCUT2D eigenvalue weighted by Gasteiger charge is 2.39. The molecule has 8 heteroatoms. The number of aromatic amines is 1. The minimum Gasteiger partial charge on any atom is -0.453 e. The van der Waals surface area contributed by atoms with E-state index >= 15 is 0 Å². The number of aromatic nitrogens is 2. The molecule has 0 aliphatic carbocycles. The molecule has 0 radical (unpaired) electrons. The van der Waals surface area contributed by atoms with Gasteiger partial charge in [-0.1, -0.05) is 0 Å². The lowest BCUT2D eigenvalue weighted by Gasteiger charge is -2.34. The van der Waals surface area contributed by atoms with Crippen LogP contribution in [0.4, 0.5) is 4.79 Å². The van der Waals surface area contributed by atoms with E-state index in [2.05, 4.69) is 15.3 Å². The number of imidazole rings is 1. The Morgan fingerprint density at radius 3 is 2.80 bits per heavy atom. The maximum absolute atomic E-state index is 13.3. The summed E-state index contributed by atoms with van der Waals surface area (Å²) >= 11 is 0. The van der Waals surface area contributed by atoms with Gasteiger partial charge in [-0.25, -0.2) is 9.78 Å². The molecule has 2 aliphatic heterocycles. The summed E-state index contributed by atoms with van der Waals surface area (Å²) in [5.41, 5.74) is 0.975. The third-order valence-corrected chi connectivity index (χ3v) is 5.04. The number of hydrogen-bond acceptors (Lipinski definition) is 5. The van der Waals surface area contributed by atoms with E-state index in [4.69, 9.17) is 9.47 Å². The van der Waals surface area contributed by atoms with Crippen molar-refractivity contribution in [3.05, 3.63) is 17.7 Å². The first-order valence-electron chi connectivity index (χ1n) is 8.84. The number of methoxy groups -OCH3 is 1. The van der Waals surface area contributed by atoms with Gasteiger partial charge in [0.05, 0.1) is 13.2 Å². The molecule has 138 valence electrons. The van der Waals surface area contributed by atoms with Crippen LogP contribution in [-0.2, 0) is 14.3 Å². The second-order valence-corrected chi connectivity index (χ2v) is 6.70. The van der Waals surface area contributed by atoms with E-state index in [-0.39, 0.29) is 17.9 Å². The number of aryl methyl sites for hydroxylation is 1. The number of nitrogens with one attached hydrogen (secondary N) is 2. The number of H-pyrrole nitrogens is 1. The Hall–Kier alpha value is -2.09. The fourth-order valence-electron chi connectivity index (χ4n) is 3.71. The number of amides is 2. The maximum atomic E-state index is 13.3. The van der Waals surface area contributed by atoms with E-state index in [1.807, 2.05) is 11.8 Å². The van der Waals surface area contributed by atoms with Gasteiger partial charge in [0.15, 0.2) is 0 Å². The van der Waals surface area contributed by atoms with E-state index < -0.39 is 12.1 Å². The van der Waals surface area contributed by atoms with E-state index in [1.54, 1.807) is 6.20 Å². The number of rotatable bonds is 4. The monoisotopic (exact) mass is 350 g/mol. The molecule has 0 saturated carbocycles. The first-order chi connectivity index (χ1) is 12.1. The van der Waals surface area contributed by atoms with Crippen LogP contribution < -0.4 is 5.32 Å². The molecule has 25 heavy (non-hydrogen) atoms. The minimum atomic E-state index is -0.590. The van der Waals surface area contributed by atoms with Crippen LogP contribution >= 0.6 is 0 Å². The molecule has 1 aromatic rings. The van der Waals surface area contributed by atoms with Gasteiger partial charge in [0.25, 0.3) is 0 Å². The Bertz CT molecular complexity index is 612. The lowest BCUT2D eigenvalue weighted by Crippen LogP contribution is -2.53. The topological polar surface area (TPSA) is 96.5 Å².